The Balaban J connectivity index is 2.77. The number of carbonyl (C=O) groups is 1. The Labute approximate surface area is 85.9 Å². The first-order chi connectivity index (χ1) is 6.69. The van der Waals surface area contributed by atoms with Crippen molar-refractivity contribution in [1.29, 1.82) is 0 Å². The van der Waals surface area contributed by atoms with E-state index in [9.17, 15) is 9.18 Å². The minimum atomic E-state index is -0.715. The van der Waals surface area contributed by atoms with Gasteiger partial charge >= 0.3 is 5.97 Å². The van der Waals surface area contributed by atoms with Crippen LogP contribution in [-0.2, 0) is 11.2 Å². The van der Waals surface area contributed by atoms with Gasteiger partial charge in [-0.2, -0.15) is 4.39 Å². The highest BCUT2D eigenvalue weighted by Crippen LogP contribution is 2.19. The molecule has 5 heteroatoms. The van der Waals surface area contributed by atoms with Crippen LogP contribution in [0.25, 0.3) is 0 Å². The first kappa shape index (κ1) is 11.1. The molecule has 3 nitrogen and oxygen atoms in total. The minimum Gasteiger partial charge on any atom is -0.465 e. The molecule has 0 aliphatic carbocycles. The van der Waals surface area contributed by atoms with Crippen LogP contribution in [0.4, 0.5) is 4.39 Å². The second kappa shape index (κ2) is 5.05. The maximum absolute atomic E-state index is 13.1. The molecule has 0 aliphatic heterocycles. The number of hydrogen-bond acceptors (Lipinski definition) is 4. The van der Waals surface area contributed by atoms with E-state index in [-0.39, 0.29) is 4.88 Å². The van der Waals surface area contributed by atoms with Gasteiger partial charge in [0.05, 0.1) is 12.1 Å². The van der Waals surface area contributed by atoms with E-state index in [2.05, 4.69) is 9.72 Å². The van der Waals surface area contributed by atoms with Crippen molar-refractivity contribution < 1.29 is 13.9 Å². The van der Waals surface area contributed by atoms with Gasteiger partial charge in [0.25, 0.3) is 0 Å². The van der Waals surface area contributed by atoms with Crippen molar-refractivity contribution in [3.8, 4) is 0 Å². The largest absolute Gasteiger partial charge is 0.465 e. The summed E-state index contributed by atoms with van der Waals surface area (Å²) in [5, 5.41) is 0.657. The highest BCUT2D eigenvalue weighted by Gasteiger charge is 2.18. The average Bonchev–Trinajstić information content (AvgIpc) is 2.55. The van der Waals surface area contributed by atoms with Crippen molar-refractivity contribution in [2.45, 2.75) is 26.2 Å². The Kier molecular flexibility index (Phi) is 4.00. The van der Waals surface area contributed by atoms with Crippen molar-refractivity contribution in [3.05, 3.63) is 15.8 Å². The molecule has 0 saturated heterocycles. The Morgan fingerprint density at radius 2 is 2.36 bits per heavy atom. The summed E-state index contributed by atoms with van der Waals surface area (Å²) >= 11 is 1.07. The first-order valence-electron chi connectivity index (χ1n) is 4.42. The summed E-state index contributed by atoms with van der Waals surface area (Å²) in [6, 6.07) is 0. The van der Waals surface area contributed by atoms with Crippen molar-refractivity contribution in [2.75, 3.05) is 7.11 Å². The predicted molar refractivity (Wildman–Crippen MR) is 52.0 cm³/mol. The minimum absolute atomic E-state index is 0.0291. The third kappa shape index (κ3) is 2.51. The third-order valence-electron chi connectivity index (χ3n) is 1.75. The van der Waals surface area contributed by atoms with Gasteiger partial charge in [0.2, 0.25) is 5.95 Å². The van der Waals surface area contributed by atoms with Crippen LogP contribution >= 0.6 is 11.3 Å². The second-order valence-corrected chi connectivity index (χ2v) is 3.91. The molecule has 0 aromatic carbocycles. The fraction of sp³-hybridized carbons (Fsp3) is 0.556. The first-order valence-corrected chi connectivity index (χ1v) is 5.24. The molecule has 1 aromatic heterocycles. The molecule has 0 bridgehead atoms. The number of rotatable bonds is 4. The van der Waals surface area contributed by atoms with E-state index in [1.807, 2.05) is 6.92 Å². The van der Waals surface area contributed by atoms with Gasteiger partial charge in [-0.15, -0.1) is 11.3 Å². The van der Waals surface area contributed by atoms with Crippen molar-refractivity contribution in [3.63, 3.8) is 0 Å². The van der Waals surface area contributed by atoms with Crippen molar-refractivity contribution in [1.82, 2.24) is 4.98 Å². The standard InChI is InChI=1S/C9H12FNO2S/c1-3-4-5-6-11-8(10)7(14-6)9(12)13-2/h3-5H2,1-2H3. The summed E-state index contributed by atoms with van der Waals surface area (Å²) in [4.78, 5) is 14.7. The van der Waals surface area contributed by atoms with Crippen molar-refractivity contribution >= 4 is 17.3 Å². The van der Waals surface area contributed by atoms with E-state index < -0.39 is 11.9 Å². The molecule has 14 heavy (non-hydrogen) atoms. The number of hydrogen-bond donors (Lipinski definition) is 0. The van der Waals surface area contributed by atoms with E-state index in [4.69, 9.17) is 0 Å². The number of thiazole rings is 1. The Morgan fingerprint density at radius 3 is 2.93 bits per heavy atom. The molecule has 0 spiro atoms. The van der Waals surface area contributed by atoms with Crippen LogP contribution in [0.5, 0.6) is 0 Å². The molecule has 1 rings (SSSR count). The summed E-state index contributed by atoms with van der Waals surface area (Å²) in [6.45, 7) is 2.05. The van der Waals surface area contributed by atoms with Gasteiger partial charge in [0, 0.05) is 0 Å². The molecule has 0 amide bonds. The summed E-state index contributed by atoms with van der Waals surface area (Å²) in [5.41, 5.74) is 0. The molecule has 0 atom stereocenters. The number of esters is 1. The normalized spacial score (nSPS) is 10.2. The number of aryl methyl sites for hydroxylation is 1. The number of ether oxygens (including phenoxy) is 1. The molecule has 78 valence electrons. The molecule has 1 heterocycles. The lowest BCUT2D eigenvalue weighted by molar-refractivity contribution is 0.0601. The number of aromatic nitrogens is 1. The Bertz CT molecular complexity index is 325. The average molecular weight is 217 g/mol. The van der Waals surface area contributed by atoms with Crippen LogP contribution < -0.4 is 0 Å². The second-order valence-electron chi connectivity index (χ2n) is 2.82. The maximum Gasteiger partial charge on any atom is 0.352 e. The van der Waals surface area contributed by atoms with Gasteiger partial charge in [-0.3, -0.25) is 0 Å². The monoisotopic (exact) mass is 217 g/mol. The number of methoxy groups -OCH3 is 1. The zero-order valence-electron chi connectivity index (χ0n) is 8.17. The molecule has 0 aliphatic rings. The third-order valence-corrected chi connectivity index (χ3v) is 2.82. The quantitative estimate of drug-likeness (QED) is 0.727. The lowest BCUT2D eigenvalue weighted by Crippen LogP contribution is -2.00. The summed E-state index contributed by atoms with van der Waals surface area (Å²) in [5.74, 6) is -1.37. The van der Waals surface area contributed by atoms with E-state index in [1.165, 1.54) is 7.11 Å². The molecule has 0 fully saturated rings. The number of halogens is 1. The van der Waals surface area contributed by atoms with E-state index >= 15 is 0 Å². The van der Waals surface area contributed by atoms with Crippen LogP contribution in [-0.4, -0.2) is 18.1 Å². The fourth-order valence-corrected chi connectivity index (χ4v) is 1.90. The van der Waals surface area contributed by atoms with Crippen LogP contribution in [0, 0.1) is 5.95 Å². The number of nitrogens with zero attached hydrogens (tertiary/aromatic N) is 1. The SMILES string of the molecule is CCCCc1nc(F)c(C(=O)OC)s1. The molecule has 0 saturated carbocycles. The highest BCUT2D eigenvalue weighted by molar-refractivity contribution is 7.13. The lowest BCUT2D eigenvalue weighted by atomic mass is 10.3. The van der Waals surface area contributed by atoms with Crippen LogP contribution in [0.15, 0.2) is 0 Å². The molecule has 0 unspecified atom stereocenters. The molecular formula is C9H12FNO2S. The molecule has 0 radical (unpaired) electrons. The molecular weight excluding hydrogens is 205 g/mol. The van der Waals surface area contributed by atoms with E-state index in [1.54, 1.807) is 0 Å². The lowest BCUT2D eigenvalue weighted by Gasteiger charge is -1.92. The molecule has 1 aromatic rings. The Hall–Kier alpha value is -0.970. The van der Waals surface area contributed by atoms with Gasteiger partial charge in [0.15, 0.2) is 4.88 Å². The van der Waals surface area contributed by atoms with Crippen LogP contribution in [0.3, 0.4) is 0 Å². The fourth-order valence-electron chi connectivity index (χ4n) is 0.997. The zero-order valence-corrected chi connectivity index (χ0v) is 8.99. The van der Waals surface area contributed by atoms with Gasteiger partial charge < -0.3 is 4.74 Å². The Morgan fingerprint density at radius 1 is 1.64 bits per heavy atom. The number of carbonyl (C=O) groups excluding carboxylic acids is 1. The topological polar surface area (TPSA) is 39.2 Å². The van der Waals surface area contributed by atoms with Gasteiger partial charge in [0.1, 0.15) is 0 Å². The number of unbranched alkanes of at least 4 members (excludes halogenated alkanes) is 1. The predicted octanol–water partition coefficient (Wildman–Crippen LogP) is 2.41. The van der Waals surface area contributed by atoms with Crippen LogP contribution in [0.2, 0.25) is 0 Å². The van der Waals surface area contributed by atoms with E-state index in [0.29, 0.717) is 5.01 Å². The zero-order chi connectivity index (χ0) is 10.6. The van der Waals surface area contributed by atoms with Gasteiger partial charge in [-0.25, -0.2) is 9.78 Å². The summed E-state index contributed by atoms with van der Waals surface area (Å²) < 4.78 is 17.5. The summed E-state index contributed by atoms with van der Waals surface area (Å²) in [6.07, 6.45) is 2.69. The maximum atomic E-state index is 13.1. The van der Waals surface area contributed by atoms with Crippen molar-refractivity contribution in [2.24, 2.45) is 0 Å². The van der Waals surface area contributed by atoms with Gasteiger partial charge in [-0.1, -0.05) is 13.3 Å². The van der Waals surface area contributed by atoms with Crippen LogP contribution in [0.1, 0.15) is 34.4 Å². The highest BCUT2D eigenvalue weighted by atomic mass is 32.1. The molecule has 0 N–H and O–H groups in total. The smallest absolute Gasteiger partial charge is 0.352 e. The summed E-state index contributed by atoms with van der Waals surface area (Å²) in [7, 11) is 1.23. The van der Waals surface area contributed by atoms with Gasteiger partial charge in [-0.05, 0) is 12.8 Å². The van der Waals surface area contributed by atoms with E-state index in [0.717, 1.165) is 30.6 Å².